The lowest BCUT2D eigenvalue weighted by Gasteiger charge is -2.30. The number of unbranched alkanes of at least 4 members (excludes halogenated alkanes) is 12. The molecule has 2 aromatic heterocycles. The highest BCUT2D eigenvalue weighted by Gasteiger charge is 2.50. The van der Waals surface area contributed by atoms with Crippen LogP contribution in [0.2, 0.25) is 0 Å². The number of aliphatic hydroxyl groups is 2. The molecule has 3 rings (SSSR count). The Balaban J connectivity index is 1.33. The second-order valence-electron chi connectivity index (χ2n) is 17.1. The monoisotopic (exact) mass is 1020 g/mol. The number of ether oxygens (including phenoxy) is 1. The fourth-order valence-electron chi connectivity index (χ4n) is 7.02. The van der Waals surface area contributed by atoms with Crippen LogP contribution in [0.15, 0.2) is 12.7 Å². The average molecular weight is 1020 g/mol. The van der Waals surface area contributed by atoms with E-state index in [9.17, 15) is 62.7 Å². The van der Waals surface area contributed by atoms with Crippen molar-refractivity contribution >= 4 is 63.8 Å². The lowest BCUT2D eigenvalue weighted by atomic mass is 9.87. The summed E-state index contributed by atoms with van der Waals surface area (Å²) in [6.07, 6.45) is 8.50. The first-order valence-corrected chi connectivity index (χ1v) is 26.9. The van der Waals surface area contributed by atoms with Crippen molar-refractivity contribution < 1.29 is 85.3 Å². The molecule has 3 heterocycles. The Labute approximate surface area is 389 Å². The standard InChI is InChI=1S/C39H68N7O18P3/c1-4-5-6-7-8-9-10-11-12-13-14-15-16-17-27(47)22-28(48)18-20-41-30(49)19-21-42-37(52)34(51)39(2,3)24-61-67(58,59)64-66(56,57)60-23-29-33(63-65(53,54)55)32(50)38(62-29)46-26-45-31-35(40)43-25-44-36(31)46/h25-26,29,32-34,38,50-51H,4-24H2,1-3H3,(H,41,49)(H,42,52)(H,56,57)(H,58,59)(H2,40,43,44)(H2,53,54,55). The molecule has 1 fully saturated rings. The largest absolute Gasteiger partial charge is 0.481 e. The highest BCUT2D eigenvalue weighted by Crippen LogP contribution is 2.61. The number of aromatic nitrogens is 4. The van der Waals surface area contributed by atoms with Crippen molar-refractivity contribution in [3.63, 3.8) is 0 Å². The van der Waals surface area contributed by atoms with Gasteiger partial charge in [0.25, 0.3) is 0 Å². The van der Waals surface area contributed by atoms with Crippen molar-refractivity contribution in [2.75, 3.05) is 32.0 Å². The summed E-state index contributed by atoms with van der Waals surface area (Å²) in [6, 6.07) is 0. The smallest absolute Gasteiger partial charge is 0.386 e. The molecule has 2 aromatic rings. The number of Topliss-reactive ketones (excluding diaryl/α,β-unsaturated/α-hetero) is 2. The normalized spacial score (nSPS) is 20.0. The number of nitrogens with zero attached hydrogens (tertiary/aromatic N) is 4. The number of hydrogen-bond donors (Lipinski definition) is 9. The van der Waals surface area contributed by atoms with Gasteiger partial charge in [0.05, 0.1) is 26.0 Å². The van der Waals surface area contributed by atoms with Crippen molar-refractivity contribution in [3.8, 4) is 0 Å². The lowest BCUT2D eigenvalue weighted by Crippen LogP contribution is -2.46. The van der Waals surface area contributed by atoms with Crippen molar-refractivity contribution in [2.24, 2.45) is 5.41 Å². The van der Waals surface area contributed by atoms with Crippen LogP contribution in [0.25, 0.3) is 11.2 Å². The number of fused-ring (bicyclic) bond motifs is 1. The predicted octanol–water partition coefficient (Wildman–Crippen LogP) is 3.80. The Morgan fingerprint density at radius 2 is 1.39 bits per heavy atom. The Morgan fingerprint density at radius 1 is 0.821 bits per heavy atom. The van der Waals surface area contributed by atoms with Crippen molar-refractivity contribution in [3.05, 3.63) is 12.7 Å². The number of ketones is 2. The average Bonchev–Trinajstić information content (AvgIpc) is 3.80. The van der Waals surface area contributed by atoms with E-state index in [1.807, 2.05) is 0 Å². The number of aliphatic hydroxyl groups excluding tert-OH is 2. The maximum atomic E-state index is 12.7. The lowest BCUT2D eigenvalue weighted by molar-refractivity contribution is -0.137. The van der Waals surface area contributed by atoms with Gasteiger partial charge in [-0.25, -0.2) is 28.6 Å². The van der Waals surface area contributed by atoms with Gasteiger partial charge >= 0.3 is 23.5 Å². The summed E-state index contributed by atoms with van der Waals surface area (Å²) in [7, 11) is -16.5. The summed E-state index contributed by atoms with van der Waals surface area (Å²) in [5.74, 6) is -2.01. The van der Waals surface area contributed by atoms with Gasteiger partial charge in [0, 0.05) is 37.8 Å². The molecular weight excluding hydrogens is 947 g/mol. The van der Waals surface area contributed by atoms with Crippen LogP contribution in [0.4, 0.5) is 5.82 Å². The molecule has 25 nitrogen and oxygen atoms in total. The number of nitrogens with one attached hydrogen (secondary N) is 2. The molecule has 0 aliphatic carbocycles. The quantitative estimate of drug-likeness (QED) is 0.0269. The number of imidazole rings is 1. The molecule has 7 unspecified atom stereocenters. The highest BCUT2D eigenvalue weighted by molar-refractivity contribution is 7.61. The fourth-order valence-corrected chi connectivity index (χ4v) is 9.85. The predicted molar refractivity (Wildman–Crippen MR) is 239 cm³/mol. The van der Waals surface area contributed by atoms with E-state index in [1.54, 1.807) is 0 Å². The first-order chi connectivity index (χ1) is 31.4. The highest BCUT2D eigenvalue weighted by atomic mass is 31.3. The Kier molecular flexibility index (Phi) is 24.2. The number of phosphoric acid groups is 3. The van der Waals surface area contributed by atoms with E-state index in [-0.39, 0.29) is 60.9 Å². The second-order valence-corrected chi connectivity index (χ2v) is 21.3. The van der Waals surface area contributed by atoms with Gasteiger partial charge in [0.15, 0.2) is 17.7 Å². The summed E-state index contributed by atoms with van der Waals surface area (Å²) >= 11 is 0. The number of amides is 2. The second kappa shape index (κ2) is 27.9. The minimum absolute atomic E-state index is 0.0143. The maximum Gasteiger partial charge on any atom is 0.481 e. The molecular formula is C39H68N7O18P3. The van der Waals surface area contributed by atoms with E-state index in [0.29, 0.717) is 6.42 Å². The summed E-state index contributed by atoms with van der Waals surface area (Å²) < 4.78 is 62.4. The van der Waals surface area contributed by atoms with Gasteiger partial charge in [-0.05, 0) is 6.42 Å². The molecule has 0 saturated carbocycles. The molecule has 0 aromatic carbocycles. The van der Waals surface area contributed by atoms with Crippen LogP contribution >= 0.6 is 23.5 Å². The maximum absolute atomic E-state index is 12.7. The van der Waals surface area contributed by atoms with E-state index in [0.717, 1.165) is 42.9 Å². The molecule has 0 radical (unpaired) electrons. The van der Waals surface area contributed by atoms with Gasteiger partial charge in [0.2, 0.25) is 11.8 Å². The third-order valence-corrected chi connectivity index (χ3v) is 13.9. The molecule has 28 heteroatoms. The zero-order valence-electron chi connectivity index (χ0n) is 38.2. The van der Waals surface area contributed by atoms with Crippen molar-refractivity contribution in [1.82, 2.24) is 30.2 Å². The zero-order valence-corrected chi connectivity index (χ0v) is 40.9. The van der Waals surface area contributed by atoms with Crippen LogP contribution in [0.5, 0.6) is 0 Å². The molecule has 1 aliphatic heterocycles. The van der Waals surface area contributed by atoms with E-state index in [4.69, 9.17) is 19.5 Å². The van der Waals surface area contributed by atoms with Gasteiger partial charge in [-0.15, -0.1) is 0 Å². The van der Waals surface area contributed by atoms with Crippen LogP contribution in [0.1, 0.15) is 136 Å². The van der Waals surface area contributed by atoms with Gasteiger partial charge < -0.3 is 50.9 Å². The van der Waals surface area contributed by atoms with Gasteiger partial charge in [-0.2, -0.15) is 4.31 Å². The van der Waals surface area contributed by atoms with E-state index in [1.165, 1.54) is 71.6 Å². The van der Waals surface area contributed by atoms with E-state index >= 15 is 0 Å². The number of carbonyl (C=O) groups is 4. The van der Waals surface area contributed by atoms with Gasteiger partial charge in [-0.1, -0.05) is 97.8 Å². The number of phosphoric ester groups is 3. The minimum atomic E-state index is -5.59. The summed E-state index contributed by atoms with van der Waals surface area (Å²) in [5, 5.41) is 26.4. The van der Waals surface area contributed by atoms with Crippen LogP contribution < -0.4 is 16.4 Å². The Morgan fingerprint density at radius 3 is 2.00 bits per heavy atom. The Hall–Kier alpha value is -3.12. The number of nitrogen functional groups attached to an aromatic ring is 1. The van der Waals surface area contributed by atoms with Crippen LogP contribution in [-0.4, -0.2) is 123 Å². The van der Waals surface area contributed by atoms with E-state index in [2.05, 4.69) is 41.3 Å². The first-order valence-electron chi connectivity index (χ1n) is 22.4. The van der Waals surface area contributed by atoms with Crippen molar-refractivity contribution in [1.29, 1.82) is 0 Å². The molecule has 2 amide bonds. The Bertz CT molecular complexity index is 2050. The van der Waals surface area contributed by atoms with Crippen LogP contribution in [0, 0.1) is 5.41 Å². The summed E-state index contributed by atoms with van der Waals surface area (Å²) in [6.45, 7) is 2.39. The fraction of sp³-hybridized carbons (Fsp3) is 0.769. The topological polar surface area (TPSA) is 381 Å². The zero-order chi connectivity index (χ0) is 49.8. The molecule has 0 spiro atoms. The molecule has 0 bridgehead atoms. The summed E-state index contributed by atoms with van der Waals surface area (Å²) in [5.41, 5.74) is 4.24. The SMILES string of the molecule is CCCCCCCCCCCCCCCC(=O)CC(=O)CCNC(=O)CCNC(=O)C(O)C(C)(C)COP(=O)(O)OP(=O)(O)OCC1OC(n2cnc3c(N)ncnc32)C(O)C1OP(=O)(O)O. The van der Waals surface area contributed by atoms with Crippen LogP contribution in [-0.2, 0) is 55.5 Å². The molecule has 7 atom stereocenters. The molecule has 1 aliphatic rings. The molecule has 382 valence electrons. The number of carbonyl (C=O) groups excluding carboxylic acids is 4. The number of hydrogen-bond acceptors (Lipinski definition) is 18. The molecule has 1 saturated heterocycles. The van der Waals surface area contributed by atoms with Crippen LogP contribution in [0.3, 0.4) is 0 Å². The third kappa shape index (κ3) is 21.2. The number of anilines is 1. The summed E-state index contributed by atoms with van der Waals surface area (Å²) in [4.78, 5) is 101. The number of rotatable bonds is 35. The molecule has 67 heavy (non-hydrogen) atoms. The van der Waals surface area contributed by atoms with Gasteiger partial charge in [-0.3, -0.25) is 37.3 Å². The van der Waals surface area contributed by atoms with E-state index < -0.39 is 84.6 Å². The third-order valence-electron chi connectivity index (χ3n) is 10.8. The van der Waals surface area contributed by atoms with Crippen molar-refractivity contribution in [2.45, 2.75) is 161 Å². The molecule has 10 N–H and O–H groups in total. The van der Waals surface area contributed by atoms with Gasteiger partial charge in [0.1, 0.15) is 47.8 Å². The number of nitrogens with two attached hydrogens (primary N) is 1. The first kappa shape index (κ1) is 58.2. The minimum Gasteiger partial charge on any atom is -0.386 e.